The summed E-state index contributed by atoms with van der Waals surface area (Å²) in [6, 6.07) is 14.8. The summed E-state index contributed by atoms with van der Waals surface area (Å²) in [4.78, 5) is 0. The van der Waals surface area contributed by atoms with Crippen molar-refractivity contribution in [1.29, 1.82) is 0 Å². The van der Waals surface area contributed by atoms with Gasteiger partial charge in [0, 0.05) is 17.4 Å². The van der Waals surface area contributed by atoms with Crippen LogP contribution in [0, 0.1) is 0 Å². The molecule has 0 amide bonds. The van der Waals surface area contributed by atoms with Crippen molar-refractivity contribution in [2.75, 3.05) is 0 Å². The molecule has 0 saturated heterocycles. The lowest BCUT2D eigenvalue weighted by Crippen LogP contribution is -2.39. The molecule has 2 N–H and O–H groups in total. The number of nitrogens with one attached hydrogen (secondary N) is 1. The minimum absolute atomic E-state index is 0.0934. The molecular formula is C20H30NOPSi. The first-order valence-corrected chi connectivity index (χ1v) is 13.0. The largest absolute Gasteiger partial charge is 0.507 e. The molecule has 1 atom stereocenters. The van der Waals surface area contributed by atoms with Crippen LogP contribution in [-0.2, 0) is 6.54 Å². The number of phenolic OH excluding ortho intramolecular Hbond substituents is 1. The molecular weight excluding hydrogens is 329 g/mol. The van der Waals surface area contributed by atoms with Crippen molar-refractivity contribution < 1.29 is 5.11 Å². The number of hydrogen-bond donors (Lipinski definition) is 2. The van der Waals surface area contributed by atoms with Crippen LogP contribution >= 0.6 is 8.58 Å². The predicted octanol–water partition coefficient (Wildman–Crippen LogP) is 3.45. The smallest absolute Gasteiger partial charge is 0.122 e. The van der Waals surface area contributed by atoms with Crippen molar-refractivity contribution in [3.05, 3.63) is 48.0 Å². The van der Waals surface area contributed by atoms with Crippen LogP contribution in [0.15, 0.2) is 42.5 Å². The third kappa shape index (κ3) is 5.17. The molecule has 130 valence electrons. The first kappa shape index (κ1) is 19.2. The molecule has 0 aliphatic carbocycles. The second-order valence-electron chi connectivity index (χ2n) is 8.34. The van der Waals surface area contributed by atoms with Gasteiger partial charge in [-0.1, -0.05) is 70.7 Å². The monoisotopic (exact) mass is 359 g/mol. The van der Waals surface area contributed by atoms with Crippen LogP contribution in [-0.4, -0.2) is 18.7 Å². The average Bonchev–Trinajstić information content (AvgIpc) is 2.46. The quantitative estimate of drug-likeness (QED) is 0.633. The second-order valence-corrected chi connectivity index (χ2v) is 14.7. The molecule has 0 saturated carbocycles. The molecule has 0 bridgehead atoms. The van der Waals surface area contributed by atoms with Crippen molar-refractivity contribution in [3.63, 3.8) is 0 Å². The Morgan fingerprint density at radius 1 is 0.958 bits per heavy atom. The molecule has 2 aromatic rings. The van der Waals surface area contributed by atoms with Crippen LogP contribution in [0.5, 0.6) is 5.75 Å². The standard InChI is InChI=1S/C20H30NOPSi/c1-20(2,3)21-14-15-10-7-8-11-16(15)23-17-12-9-13-18(19(17)22)24(4,5)6/h7-13,21-23H,14H2,1-6H3. The van der Waals surface area contributed by atoms with Crippen molar-refractivity contribution in [1.82, 2.24) is 5.32 Å². The second kappa shape index (κ2) is 7.39. The number of rotatable bonds is 5. The normalized spacial score (nSPS) is 12.9. The highest BCUT2D eigenvalue weighted by molar-refractivity contribution is 7.56. The van der Waals surface area contributed by atoms with E-state index in [4.69, 9.17) is 0 Å². The Morgan fingerprint density at radius 3 is 2.21 bits per heavy atom. The molecule has 0 spiro atoms. The minimum Gasteiger partial charge on any atom is -0.507 e. The lowest BCUT2D eigenvalue weighted by molar-refractivity contribution is 0.425. The van der Waals surface area contributed by atoms with Crippen LogP contribution in [0.1, 0.15) is 26.3 Å². The molecule has 0 aliphatic rings. The number of para-hydroxylation sites is 1. The Bertz CT molecular complexity index is 702. The van der Waals surface area contributed by atoms with E-state index in [1.54, 1.807) is 0 Å². The van der Waals surface area contributed by atoms with E-state index in [-0.39, 0.29) is 5.54 Å². The lowest BCUT2D eigenvalue weighted by atomic mass is 10.1. The van der Waals surface area contributed by atoms with Gasteiger partial charge in [-0.2, -0.15) is 0 Å². The molecule has 1 unspecified atom stereocenters. The summed E-state index contributed by atoms with van der Waals surface area (Å²) in [7, 11) is -1.06. The van der Waals surface area contributed by atoms with Crippen molar-refractivity contribution in [2.45, 2.75) is 52.5 Å². The first-order valence-electron chi connectivity index (χ1n) is 8.50. The zero-order valence-corrected chi connectivity index (χ0v) is 17.7. The van der Waals surface area contributed by atoms with E-state index in [0.29, 0.717) is 14.3 Å². The summed E-state index contributed by atoms with van der Waals surface area (Å²) >= 11 is 0. The average molecular weight is 360 g/mol. The summed E-state index contributed by atoms with van der Waals surface area (Å²) in [5, 5.41) is 17.8. The van der Waals surface area contributed by atoms with E-state index in [9.17, 15) is 5.11 Å². The Balaban J connectivity index is 2.29. The van der Waals surface area contributed by atoms with Gasteiger partial charge in [0.2, 0.25) is 0 Å². The highest BCUT2D eigenvalue weighted by Gasteiger charge is 2.22. The summed E-state index contributed by atoms with van der Waals surface area (Å²) in [5.41, 5.74) is 1.40. The molecule has 0 aliphatic heterocycles. The molecule has 24 heavy (non-hydrogen) atoms. The molecule has 4 heteroatoms. The number of hydrogen-bond acceptors (Lipinski definition) is 2. The molecule has 2 nitrogen and oxygen atoms in total. The molecule has 0 radical (unpaired) electrons. The highest BCUT2D eigenvalue weighted by Crippen LogP contribution is 2.21. The summed E-state index contributed by atoms with van der Waals surface area (Å²) in [6.45, 7) is 14.2. The van der Waals surface area contributed by atoms with Gasteiger partial charge in [-0.05, 0) is 36.8 Å². The fourth-order valence-electron chi connectivity index (χ4n) is 2.55. The van der Waals surface area contributed by atoms with E-state index in [0.717, 1.165) is 17.0 Å². The van der Waals surface area contributed by atoms with Gasteiger partial charge in [0.15, 0.2) is 0 Å². The van der Waals surface area contributed by atoms with Gasteiger partial charge in [-0.3, -0.25) is 0 Å². The van der Waals surface area contributed by atoms with Gasteiger partial charge in [-0.15, -0.1) is 0 Å². The predicted molar refractivity (Wildman–Crippen MR) is 112 cm³/mol. The van der Waals surface area contributed by atoms with Crippen LogP contribution in [0.4, 0.5) is 0 Å². The number of benzene rings is 2. The zero-order chi connectivity index (χ0) is 18.0. The van der Waals surface area contributed by atoms with Crippen molar-refractivity contribution >= 4 is 32.5 Å². The van der Waals surface area contributed by atoms with Gasteiger partial charge in [0.05, 0.1) is 8.07 Å². The summed E-state index contributed by atoms with van der Waals surface area (Å²) in [5.74, 6) is 0.508. The summed E-state index contributed by atoms with van der Waals surface area (Å²) < 4.78 is 0. The Kier molecular flexibility index (Phi) is 5.90. The molecule has 0 fully saturated rings. The van der Waals surface area contributed by atoms with Crippen molar-refractivity contribution in [3.8, 4) is 5.75 Å². The first-order chi connectivity index (χ1) is 11.1. The van der Waals surface area contributed by atoms with E-state index in [1.807, 2.05) is 0 Å². The fraction of sp³-hybridized carbons (Fsp3) is 0.400. The van der Waals surface area contributed by atoms with E-state index >= 15 is 0 Å². The molecule has 0 heterocycles. The highest BCUT2D eigenvalue weighted by atomic mass is 31.1. The van der Waals surface area contributed by atoms with Crippen LogP contribution in [0.2, 0.25) is 19.6 Å². The van der Waals surface area contributed by atoms with E-state index in [2.05, 4.69) is 88.2 Å². The maximum atomic E-state index is 10.8. The third-order valence-corrected chi connectivity index (χ3v) is 7.39. The molecule has 2 aromatic carbocycles. The Labute approximate surface area is 149 Å². The molecule has 2 rings (SSSR count). The van der Waals surface area contributed by atoms with Crippen LogP contribution in [0.25, 0.3) is 0 Å². The van der Waals surface area contributed by atoms with Crippen molar-refractivity contribution in [2.24, 2.45) is 0 Å². The van der Waals surface area contributed by atoms with Gasteiger partial charge >= 0.3 is 0 Å². The SMILES string of the molecule is CC(C)(C)NCc1ccccc1Pc1cccc([Si](C)(C)C)c1O. The zero-order valence-electron chi connectivity index (χ0n) is 15.7. The summed E-state index contributed by atoms with van der Waals surface area (Å²) in [6.07, 6.45) is 0. The van der Waals surface area contributed by atoms with Gasteiger partial charge in [0.1, 0.15) is 5.75 Å². The third-order valence-electron chi connectivity index (χ3n) is 3.94. The Morgan fingerprint density at radius 2 is 1.58 bits per heavy atom. The van der Waals surface area contributed by atoms with Crippen LogP contribution in [0.3, 0.4) is 0 Å². The Hall–Kier alpha value is -1.15. The van der Waals surface area contributed by atoms with E-state index in [1.165, 1.54) is 10.9 Å². The molecule has 0 aromatic heterocycles. The van der Waals surface area contributed by atoms with E-state index < -0.39 is 8.07 Å². The topological polar surface area (TPSA) is 32.3 Å². The fourth-order valence-corrected chi connectivity index (χ4v) is 5.35. The number of phenols is 1. The lowest BCUT2D eigenvalue weighted by Gasteiger charge is -2.22. The number of aromatic hydroxyl groups is 1. The minimum atomic E-state index is -1.54. The maximum absolute atomic E-state index is 10.8. The van der Waals surface area contributed by atoms with Gasteiger partial charge in [0.25, 0.3) is 0 Å². The van der Waals surface area contributed by atoms with Gasteiger partial charge in [-0.25, -0.2) is 0 Å². The van der Waals surface area contributed by atoms with Crippen LogP contribution < -0.4 is 21.1 Å². The van der Waals surface area contributed by atoms with Gasteiger partial charge < -0.3 is 10.4 Å². The maximum Gasteiger partial charge on any atom is 0.122 e.